The van der Waals surface area contributed by atoms with Gasteiger partial charge in [-0.05, 0) is 25.2 Å². The van der Waals surface area contributed by atoms with Crippen LogP contribution in [-0.4, -0.2) is 17.4 Å². The molecule has 2 aliphatic rings. The number of aliphatic hydroxyl groups excluding tert-OH is 1. The van der Waals surface area contributed by atoms with Crippen LogP contribution in [0.1, 0.15) is 20.3 Å². The predicted molar refractivity (Wildman–Crippen MR) is 44.0 cm³/mol. The summed E-state index contributed by atoms with van der Waals surface area (Å²) in [5, 5.41) is 12.7. The first-order valence-electron chi connectivity index (χ1n) is 4.31. The Hall–Kier alpha value is -0.340. The van der Waals surface area contributed by atoms with Crippen molar-refractivity contribution in [2.24, 2.45) is 11.8 Å². The highest BCUT2D eigenvalue weighted by molar-refractivity contribution is 5.26. The summed E-state index contributed by atoms with van der Waals surface area (Å²) in [6, 6.07) is 0.473. The molecule has 0 aromatic heterocycles. The fourth-order valence-corrected chi connectivity index (χ4v) is 2.12. The van der Waals surface area contributed by atoms with Crippen molar-refractivity contribution in [3.63, 3.8) is 0 Å². The Labute approximate surface area is 67.3 Å². The van der Waals surface area contributed by atoms with Crippen molar-refractivity contribution in [1.82, 2.24) is 5.32 Å². The Kier molecular flexibility index (Phi) is 1.55. The van der Waals surface area contributed by atoms with Gasteiger partial charge in [-0.15, -0.1) is 0 Å². The van der Waals surface area contributed by atoms with Crippen molar-refractivity contribution in [2.75, 3.05) is 0 Å². The number of hydrogen-bond acceptors (Lipinski definition) is 2. The molecule has 62 valence electrons. The summed E-state index contributed by atoms with van der Waals surface area (Å²) in [6.45, 7) is 4.21. The summed E-state index contributed by atoms with van der Waals surface area (Å²) in [6.07, 6.45) is 3.15. The summed E-state index contributed by atoms with van der Waals surface area (Å²) < 4.78 is 0. The lowest BCUT2D eigenvalue weighted by Gasteiger charge is -2.44. The van der Waals surface area contributed by atoms with E-state index >= 15 is 0 Å². The summed E-state index contributed by atoms with van der Waals surface area (Å²) >= 11 is 0. The van der Waals surface area contributed by atoms with Gasteiger partial charge in [-0.3, -0.25) is 5.32 Å². The molecule has 0 aromatic carbocycles. The van der Waals surface area contributed by atoms with Gasteiger partial charge in [0.1, 0.15) is 6.23 Å². The van der Waals surface area contributed by atoms with Crippen LogP contribution >= 0.6 is 0 Å². The third-order valence-corrected chi connectivity index (χ3v) is 2.93. The van der Waals surface area contributed by atoms with Gasteiger partial charge in [0.05, 0.1) is 0 Å². The zero-order valence-corrected chi connectivity index (χ0v) is 7.04. The van der Waals surface area contributed by atoms with Crippen LogP contribution in [0.25, 0.3) is 0 Å². The highest BCUT2D eigenvalue weighted by Gasteiger charge is 2.38. The molecule has 4 atom stereocenters. The van der Waals surface area contributed by atoms with Crippen LogP contribution < -0.4 is 5.32 Å². The molecule has 0 spiro atoms. The lowest BCUT2D eigenvalue weighted by molar-refractivity contribution is 0.0231. The number of fused-ring (bicyclic) bond motifs is 1. The van der Waals surface area contributed by atoms with E-state index in [0.717, 1.165) is 6.42 Å². The molecule has 0 bridgehead atoms. The number of nitrogens with one attached hydrogen (secondary N) is 1. The van der Waals surface area contributed by atoms with Crippen LogP contribution in [0.4, 0.5) is 0 Å². The first-order valence-corrected chi connectivity index (χ1v) is 4.31. The van der Waals surface area contributed by atoms with Gasteiger partial charge in [-0.1, -0.05) is 18.6 Å². The Balaban J connectivity index is 2.08. The first-order chi connectivity index (χ1) is 5.18. The largest absolute Gasteiger partial charge is 0.378 e. The fraction of sp³-hybridized carbons (Fsp3) is 0.778. The SMILES string of the molecule is CC1=CC2CC(C)C(O)N[C@H]12. The predicted octanol–water partition coefficient (Wildman–Crippen LogP) is 0.879. The Morgan fingerprint density at radius 2 is 2.36 bits per heavy atom. The van der Waals surface area contributed by atoms with Crippen LogP contribution in [-0.2, 0) is 0 Å². The smallest absolute Gasteiger partial charge is 0.107 e. The van der Waals surface area contributed by atoms with Crippen LogP contribution in [0.2, 0.25) is 0 Å². The Bertz CT molecular complexity index is 200. The van der Waals surface area contributed by atoms with E-state index in [1.54, 1.807) is 0 Å². The molecule has 2 rings (SSSR count). The third-order valence-electron chi connectivity index (χ3n) is 2.93. The highest BCUT2D eigenvalue weighted by atomic mass is 16.3. The second-order valence-electron chi connectivity index (χ2n) is 3.88. The molecule has 2 nitrogen and oxygen atoms in total. The van der Waals surface area contributed by atoms with Crippen molar-refractivity contribution in [1.29, 1.82) is 0 Å². The monoisotopic (exact) mass is 153 g/mol. The number of aliphatic hydroxyl groups is 1. The van der Waals surface area contributed by atoms with Crippen LogP contribution in [0.15, 0.2) is 11.6 Å². The van der Waals surface area contributed by atoms with Gasteiger partial charge in [0.25, 0.3) is 0 Å². The second kappa shape index (κ2) is 2.32. The minimum Gasteiger partial charge on any atom is -0.378 e. The van der Waals surface area contributed by atoms with Crippen LogP contribution in [0.3, 0.4) is 0 Å². The Morgan fingerprint density at radius 1 is 1.64 bits per heavy atom. The maximum atomic E-state index is 9.48. The summed E-state index contributed by atoms with van der Waals surface area (Å²) in [4.78, 5) is 0. The third kappa shape index (κ3) is 1.01. The van der Waals surface area contributed by atoms with Gasteiger partial charge in [-0.25, -0.2) is 0 Å². The summed E-state index contributed by atoms with van der Waals surface area (Å²) in [7, 11) is 0. The molecule has 11 heavy (non-hydrogen) atoms. The average molecular weight is 153 g/mol. The molecule has 0 amide bonds. The average Bonchev–Trinajstić information content (AvgIpc) is 1.97. The van der Waals surface area contributed by atoms with E-state index in [-0.39, 0.29) is 6.23 Å². The van der Waals surface area contributed by atoms with Gasteiger partial charge >= 0.3 is 0 Å². The zero-order valence-electron chi connectivity index (χ0n) is 7.04. The maximum Gasteiger partial charge on any atom is 0.107 e. The highest BCUT2D eigenvalue weighted by Crippen LogP contribution is 2.36. The standard InChI is InChI=1S/C9H15NO/c1-5-3-7-4-6(2)9(11)10-8(5)7/h3,6-11H,4H2,1-2H3/t6?,7?,8-,9?/m1/s1. The lowest BCUT2D eigenvalue weighted by Crippen LogP contribution is -2.55. The Morgan fingerprint density at radius 3 is 3.00 bits per heavy atom. The molecule has 1 fully saturated rings. The number of rotatable bonds is 0. The summed E-state index contributed by atoms with van der Waals surface area (Å²) in [5.74, 6) is 1.09. The molecule has 1 heterocycles. The minimum absolute atomic E-state index is 0.292. The van der Waals surface area contributed by atoms with Gasteiger partial charge in [-0.2, -0.15) is 0 Å². The maximum absolute atomic E-state index is 9.48. The van der Waals surface area contributed by atoms with Crippen LogP contribution in [0, 0.1) is 11.8 Å². The van der Waals surface area contributed by atoms with Crippen molar-refractivity contribution < 1.29 is 5.11 Å². The van der Waals surface area contributed by atoms with Gasteiger partial charge < -0.3 is 5.11 Å². The molecule has 1 saturated heterocycles. The molecular formula is C9H15NO. The first kappa shape index (κ1) is 7.32. The zero-order chi connectivity index (χ0) is 8.01. The van der Waals surface area contributed by atoms with E-state index in [4.69, 9.17) is 0 Å². The van der Waals surface area contributed by atoms with Crippen LogP contribution in [0.5, 0.6) is 0 Å². The van der Waals surface area contributed by atoms with Crippen molar-refractivity contribution in [3.05, 3.63) is 11.6 Å². The number of piperidine rings is 1. The molecule has 0 radical (unpaired) electrons. The lowest BCUT2D eigenvalue weighted by atomic mass is 9.73. The quantitative estimate of drug-likeness (QED) is 0.506. The van der Waals surface area contributed by atoms with E-state index in [0.29, 0.717) is 17.9 Å². The van der Waals surface area contributed by atoms with E-state index in [1.807, 2.05) is 0 Å². The van der Waals surface area contributed by atoms with E-state index in [1.165, 1.54) is 5.57 Å². The topological polar surface area (TPSA) is 32.3 Å². The molecule has 1 aliphatic heterocycles. The van der Waals surface area contributed by atoms with Crippen molar-refractivity contribution in [3.8, 4) is 0 Å². The number of hydrogen-bond donors (Lipinski definition) is 2. The fourth-order valence-electron chi connectivity index (χ4n) is 2.12. The molecule has 0 saturated carbocycles. The second-order valence-corrected chi connectivity index (χ2v) is 3.88. The summed E-state index contributed by atoms with van der Waals surface area (Å²) in [5.41, 5.74) is 1.39. The molecule has 2 N–H and O–H groups in total. The molecular weight excluding hydrogens is 138 g/mol. The van der Waals surface area contributed by atoms with Crippen molar-refractivity contribution in [2.45, 2.75) is 32.5 Å². The molecule has 1 aliphatic carbocycles. The van der Waals surface area contributed by atoms with E-state index in [9.17, 15) is 5.11 Å². The molecule has 0 aromatic rings. The van der Waals surface area contributed by atoms with Gasteiger partial charge in [0, 0.05) is 6.04 Å². The minimum atomic E-state index is -0.292. The van der Waals surface area contributed by atoms with E-state index in [2.05, 4.69) is 25.2 Å². The van der Waals surface area contributed by atoms with Crippen molar-refractivity contribution >= 4 is 0 Å². The van der Waals surface area contributed by atoms with E-state index < -0.39 is 0 Å². The molecule has 3 unspecified atom stereocenters. The normalized spacial score (nSPS) is 49.2. The molecule has 2 heteroatoms. The van der Waals surface area contributed by atoms with Gasteiger partial charge in [0.15, 0.2) is 0 Å². The van der Waals surface area contributed by atoms with Gasteiger partial charge in [0.2, 0.25) is 0 Å².